The van der Waals surface area contributed by atoms with Gasteiger partial charge < -0.3 is 4.48 Å². The van der Waals surface area contributed by atoms with Crippen LogP contribution in [-0.2, 0) is 0 Å². The van der Waals surface area contributed by atoms with Gasteiger partial charge in [-0.1, -0.05) is 60.7 Å². The van der Waals surface area contributed by atoms with E-state index in [9.17, 15) is 0 Å². The fraction of sp³-hybridized carbons (Fsp3) is 0.0526. The number of hydrogen-bond donors (Lipinski definition) is 0. The van der Waals surface area contributed by atoms with E-state index in [4.69, 9.17) is 7.98 Å². The normalized spacial score (nSPS) is 11.3. The highest BCUT2D eigenvalue weighted by Crippen LogP contribution is 2.35. The van der Waals surface area contributed by atoms with Gasteiger partial charge in [0.15, 0.2) is 0 Å². The molecule has 1 nitrogen and oxygen atoms in total. The molecular formula is C19H14BN. The van der Waals surface area contributed by atoms with E-state index >= 15 is 0 Å². The quantitative estimate of drug-likeness (QED) is 0.440. The van der Waals surface area contributed by atoms with Crippen LogP contribution in [0.3, 0.4) is 0 Å². The highest BCUT2D eigenvalue weighted by molar-refractivity contribution is 6.24. The molecule has 0 spiro atoms. The van der Waals surface area contributed by atoms with Gasteiger partial charge in [0.2, 0.25) is 7.98 Å². The first-order chi connectivity index (χ1) is 10.3. The van der Waals surface area contributed by atoms with Crippen molar-refractivity contribution in [2.24, 2.45) is 0 Å². The Balaban J connectivity index is 2.19. The zero-order valence-corrected chi connectivity index (χ0v) is 11.9. The van der Waals surface area contributed by atoms with E-state index in [1.807, 2.05) is 10.5 Å². The van der Waals surface area contributed by atoms with E-state index in [0.717, 1.165) is 11.0 Å². The Morgan fingerprint density at radius 2 is 1.38 bits per heavy atom. The molecular weight excluding hydrogens is 253 g/mol. The summed E-state index contributed by atoms with van der Waals surface area (Å²) in [5, 5.41) is 2.40. The monoisotopic (exact) mass is 267 g/mol. The predicted octanol–water partition coefficient (Wildman–Crippen LogP) is 4.70. The summed E-state index contributed by atoms with van der Waals surface area (Å²) in [5.41, 5.74) is 5.83. The summed E-state index contributed by atoms with van der Waals surface area (Å²) in [5.74, 6) is 0. The average Bonchev–Trinajstić information content (AvgIpc) is 2.82. The zero-order valence-electron chi connectivity index (χ0n) is 11.9. The smallest absolute Gasteiger partial charge is 0.234 e. The Hall–Kier alpha value is -2.48. The maximum absolute atomic E-state index is 6.38. The Morgan fingerprint density at radius 3 is 2.24 bits per heavy atom. The molecule has 2 heteroatoms. The van der Waals surface area contributed by atoms with Crippen LogP contribution in [0, 0.1) is 6.92 Å². The van der Waals surface area contributed by atoms with Gasteiger partial charge >= 0.3 is 0 Å². The van der Waals surface area contributed by atoms with Crippen LogP contribution in [0.15, 0.2) is 66.7 Å². The third-order valence-corrected chi connectivity index (χ3v) is 4.17. The Labute approximate surface area is 125 Å². The highest BCUT2D eigenvalue weighted by Gasteiger charge is 2.12. The van der Waals surface area contributed by atoms with Crippen LogP contribution in [0.4, 0.5) is 0 Å². The lowest BCUT2D eigenvalue weighted by atomic mass is 9.98. The molecule has 1 aromatic heterocycles. The molecule has 0 bridgehead atoms. The molecule has 0 aliphatic rings. The van der Waals surface area contributed by atoms with Crippen molar-refractivity contribution in [3.63, 3.8) is 0 Å². The first-order valence-electron chi connectivity index (χ1n) is 7.10. The number of aromatic nitrogens is 1. The van der Waals surface area contributed by atoms with Crippen LogP contribution in [0.25, 0.3) is 32.9 Å². The number of benzene rings is 3. The minimum Gasteiger partial charge on any atom is -0.396 e. The second-order valence-electron chi connectivity index (χ2n) is 5.40. The summed E-state index contributed by atoms with van der Waals surface area (Å²) in [4.78, 5) is 0. The van der Waals surface area contributed by atoms with E-state index in [0.29, 0.717) is 0 Å². The van der Waals surface area contributed by atoms with Crippen molar-refractivity contribution in [1.82, 2.24) is 4.48 Å². The Kier molecular flexibility index (Phi) is 2.65. The van der Waals surface area contributed by atoms with Gasteiger partial charge in [-0.2, -0.15) is 0 Å². The van der Waals surface area contributed by atoms with E-state index in [1.54, 1.807) is 0 Å². The lowest BCUT2D eigenvalue weighted by Gasteiger charge is -2.09. The van der Waals surface area contributed by atoms with Crippen molar-refractivity contribution in [3.8, 4) is 11.1 Å². The van der Waals surface area contributed by atoms with Gasteiger partial charge in [0.05, 0.1) is 0 Å². The molecule has 98 valence electrons. The topological polar surface area (TPSA) is 4.93 Å². The highest BCUT2D eigenvalue weighted by atomic mass is 14.9. The number of aryl methyl sites for hydroxylation is 1. The van der Waals surface area contributed by atoms with E-state index < -0.39 is 0 Å². The Morgan fingerprint density at radius 1 is 0.714 bits per heavy atom. The second-order valence-corrected chi connectivity index (χ2v) is 5.40. The summed E-state index contributed by atoms with van der Waals surface area (Å²) in [7, 11) is 6.38. The van der Waals surface area contributed by atoms with E-state index in [1.165, 1.54) is 27.5 Å². The van der Waals surface area contributed by atoms with Crippen LogP contribution in [0.5, 0.6) is 0 Å². The van der Waals surface area contributed by atoms with E-state index in [2.05, 4.69) is 67.6 Å². The molecule has 4 aromatic rings. The molecule has 2 radical (unpaired) electrons. The molecule has 1 heterocycles. The minimum absolute atomic E-state index is 1.06. The molecule has 0 saturated heterocycles. The van der Waals surface area contributed by atoms with Gasteiger partial charge in [-0.15, -0.1) is 0 Å². The first-order valence-corrected chi connectivity index (χ1v) is 7.10. The molecule has 0 aliphatic carbocycles. The van der Waals surface area contributed by atoms with E-state index in [-0.39, 0.29) is 0 Å². The summed E-state index contributed by atoms with van der Waals surface area (Å²) in [6, 6.07) is 23.1. The van der Waals surface area contributed by atoms with Crippen LogP contribution < -0.4 is 0 Å². The summed E-state index contributed by atoms with van der Waals surface area (Å²) in [6.45, 7) is 2.14. The van der Waals surface area contributed by atoms with Gasteiger partial charge in [0.1, 0.15) is 0 Å². The van der Waals surface area contributed by atoms with Crippen molar-refractivity contribution >= 4 is 29.8 Å². The minimum atomic E-state index is 1.06. The lowest BCUT2D eigenvalue weighted by Crippen LogP contribution is -1.93. The Bertz CT molecular complexity index is 966. The van der Waals surface area contributed by atoms with Crippen LogP contribution in [-0.4, -0.2) is 12.5 Å². The van der Waals surface area contributed by atoms with Crippen LogP contribution in [0.1, 0.15) is 5.56 Å². The molecule has 0 unspecified atom stereocenters. The molecule has 0 saturated carbocycles. The molecule has 21 heavy (non-hydrogen) atoms. The molecule has 0 aliphatic heterocycles. The van der Waals surface area contributed by atoms with Crippen molar-refractivity contribution < 1.29 is 0 Å². The molecule has 4 rings (SSSR count). The van der Waals surface area contributed by atoms with Gasteiger partial charge in [0.25, 0.3) is 0 Å². The van der Waals surface area contributed by atoms with Crippen molar-refractivity contribution in [1.29, 1.82) is 0 Å². The van der Waals surface area contributed by atoms with Crippen LogP contribution in [0.2, 0.25) is 0 Å². The number of hydrogen-bond acceptors (Lipinski definition) is 0. The van der Waals surface area contributed by atoms with Crippen molar-refractivity contribution in [2.45, 2.75) is 6.92 Å². The van der Waals surface area contributed by atoms with Crippen LogP contribution >= 0.6 is 0 Å². The summed E-state index contributed by atoms with van der Waals surface area (Å²) < 4.78 is 1.81. The lowest BCUT2D eigenvalue weighted by molar-refractivity contribution is 1.38. The molecule has 0 fully saturated rings. The number of fused-ring (bicyclic) bond motifs is 3. The number of para-hydroxylation sites is 2. The third-order valence-electron chi connectivity index (χ3n) is 4.17. The van der Waals surface area contributed by atoms with Crippen molar-refractivity contribution in [3.05, 3.63) is 72.3 Å². The largest absolute Gasteiger partial charge is 0.396 e. The zero-order chi connectivity index (χ0) is 14.4. The summed E-state index contributed by atoms with van der Waals surface area (Å²) in [6.07, 6.45) is 0. The van der Waals surface area contributed by atoms with Gasteiger partial charge in [0, 0.05) is 27.4 Å². The fourth-order valence-electron chi connectivity index (χ4n) is 3.14. The van der Waals surface area contributed by atoms with Gasteiger partial charge in [-0.3, -0.25) is 0 Å². The second kappa shape index (κ2) is 4.52. The maximum atomic E-state index is 6.38. The SMILES string of the molecule is [B]n1c2ccccc2c2cccc(-c3ccccc3C)c21. The van der Waals surface area contributed by atoms with Gasteiger partial charge in [-0.25, -0.2) is 0 Å². The van der Waals surface area contributed by atoms with Gasteiger partial charge in [-0.05, 0) is 24.1 Å². The molecule has 0 atom stereocenters. The molecule has 0 N–H and O–H groups in total. The fourth-order valence-corrected chi connectivity index (χ4v) is 3.14. The number of rotatable bonds is 1. The van der Waals surface area contributed by atoms with Crippen molar-refractivity contribution in [2.75, 3.05) is 0 Å². The molecule has 3 aromatic carbocycles. The summed E-state index contributed by atoms with van der Waals surface area (Å²) >= 11 is 0. The third kappa shape index (κ3) is 1.72. The predicted molar refractivity (Wildman–Crippen MR) is 90.8 cm³/mol. The maximum Gasteiger partial charge on any atom is 0.234 e. The number of nitrogens with zero attached hydrogens (tertiary/aromatic N) is 1. The standard InChI is InChI=1S/C19H14BN/c1-13-7-2-3-8-14(13)16-10-6-11-17-15-9-4-5-12-18(15)21(20)19(16)17/h2-12H,1H3. The molecule has 0 amide bonds. The average molecular weight is 267 g/mol. The first kappa shape index (κ1) is 12.3.